The zero-order valence-corrected chi connectivity index (χ0v) is 18.8. The van der Waals surface area contributed by atoms with Gasteiger partial charge in [0, 0.05) is 24.0 Å². The first-order valence-electron chi connectivity index (χ1n) is 10.5. The Kier molecular flexibility index (Phi) is 6.09. The van der Waals surface area contributed by atoms with Crippen LogP contribution in [0.3, 0.4) is 0 Å². The van der Waals surface area contributed by atoms with Gasteiger partial charge >= 0.3 is 6.03 Å². The summed E-state index contributed by atoms with van der Waals surface area (Å²) in [5, 5.41) is 9.56. The SMILES string of the molecule is C=CC(=O)NC1CCCC1NC(=O)c1sc2nccc3c2c1NC(=O)N3/C(C)=C/C=C\C. The number of carbonyl (C=O) groups is 3. The summed E-state index contributed by atoms with van der Waals surface area (Å²) in [6.45, 7) is 7.25. The summed E-state index contributed by atoms with van der Waals surface area (Å²) in [5.41, 5.74) is 1.93. The van der Waals surface area contributed by atoms with Gasteiger partial charge in [-0.3, -0.25) is 14.5 Å². The summed E-state index contributed by atoms with van der Waals surface area (Å²) in [7, 11) is 0. The molecule has 2 aliphatic rings. The quantitative estimate of drug-likeness (QED) is 0.455. The predicted octanol–water partition coefficient (Wildman–Crippen LogP) is 4.08. The first-order chi connectivity index (χ1) is 15.4. The highest BCUT2D eigenvalue weighted by atomic mass is 32.1. The van der Waals surface area contributed by atoms with Crippen LogP contribution in [-0.4, -0.2) is 34.9 Å². The van der Waals surface area contributed by atoms with Gasteiger partial charge in [-0.1, -0.05) is 18.7 Å². The molecule has 2 aromatic heterocycles. The fraction of sp³-hybridized carbons (Fsp3) is 0.304. The van der Waals surface area contributed by atoms with Crippen LogP contribution in [0.4, 0.5) is 16.2 Å². The number of nitrogens with one attached hydrogen (secondary N) is 3. The average molecular weight is 452 g/mol. The number of hydrogen-bond acceptors (Lipinski definition) is 5. The van der Waals surface area contributed by atoms with Crippen molar-refractivity contribution in [2.45, 2.75) is 45.2 Å². The second-order valence-electron chi connectivity index (χ2n) is 7.75. The molecule has 0 radical (unpaired) electrons. The molecule has 4 rings (SSSR count). The number of anilines is 2. The third kappa shape index (κ3) is 3.91. The summed E-state index contributed by atoms with van der Waals surface area (Å²) in [5.74, 6) is -0.538. The minimum Gasteiger partial charge on any atom is -0.348 e. The summed E-state index contributed by atoms with van der Waals surface area (Å²) in [6, 6.07) is 1.13. The molecular formula is C23H25N5O3S. The molecule has 1 aliphatic heterocycles. The van der Waals surface area contributed by atoms with Crippen molar-refractivity contribution in [3.8, 4) is 0 Å². The molecule has 8 nitrogen and oxygen atoms in total. The lowest BCUT2D eigenvalue weighted by atomic mass is 10.1. The van der Waals surface area contributed by atoms with Crippen molar-refractivity contribution in [2.24, 2.45) is 0 Å². The number of rotatable bonds is 6. The maximum Gasteiger partial charge on any atom is 0.330 e. The lowest BCUT2D eigenvalue weighted by Crippen LogP contribution is -2.48. The molecule has 0 aromatic carbocycles. The van der Waals surface area contributed by atoms with Gasteiger partial charge in [0.25, 0.3) is 5.91 Å². The Morgan fingerprint density at radius 1 is 1.31 bits per heavy atom. The number of nitrogens with zero attached hydrogens (tertiary/aromatic N) is 2. The fourth-order valence-corrected chi connectivity index (χ4v) is 5.21. The molecule has 4 amide bonds. The minimum absolute atomic E-state index is 0.145. The smallest absolute Gasteiger partial charge is 0.330 e. The van der Waals surface area contributed by atoms with Crippen molar-refractivity contribution < 1.29 is 14.4 Å². The van der Waals surface area contributed by atoms with Crippen molar-refractivity contribution in [1.29, 1.82) is 0 Å². The van der Waals surface area contributed by atoms with Crippen LogP contribution < -0.4 is 20.9 Å². The van der Waals surface area contributed by atoms with Crippen LogP contribution in [0.15, 0.2) is 48.8 Å². The van der Waals surface area contributed by atoms with E-state index in [1.165, 1.54) is 17.4 Å². The second-order valence-corrected chi connectivity index (χ2v) is 8.74. The standard InChI is InChI=1S/C23H25N5O3S/c1-4-6-8-13(3)28-16-11-12-24-22-18(16)19(27-23(28)31)20(32-22)21(30)26-15-10-7-9-14(15)25-17(29)5-2/h4-6,8,11-12,14-15H,2,7,9-10H2,1,3H3,(H,25,29)(H,26,30)(H,27,31)/b6-4-,13-8+. The van der Waals surface area contributed by atoms with Crippen molar-refractivity contribution in [3.05, 3.63) is 53.7 Å². The molecular weight excluding hydrogens is 426 g/mol. The number of urea groups is 1. The van der Waals surface area contributed by atoms with Gasteiger partial charge in [-0.2, -0.15) is 0 Å². The molecule has 9 heteroatoms. The largest absolute Gasteiger partial charge is 0.348 e. The third-order valence-corrected chi connectivity index (χ3v) is 6.78. The second kappa shape index (κ2) is 8.96. The topological polar surface area (TPSA) is 103 Å². The number of amides is 4. The van der Waals surface area contributed by atoms with E-state index in [0.29, 0.717) is 21.1 Å². The Labute approximate surface area is 190 Å². The normalized spacial score (nSPS) is 20.5. The minimum atomic E-state index is -0.326. The van der Waals surface area contributed by atoms with E-state index in [2.05, 4.69) is 27.5 Å². The van der Waals surface area contributed by atoms with Crippen LogP contribution in [0, 0.1) is 0 Å². The molecule has 0 spiro atoms. The molecule has 3 heterocycles. The number of aromatic nitrogens is 1. The van der Waals surface area contributed by atoms with Gasteiger partial charge in [-0.25, -0.2) is 9.78 Å². The Balaban J connectivity index is 1.66. The van der Waals surface area contributed by atoms with Gasteiger partial charge in [-0.05, 0) is 51.3 Å². The summed E-state index contributed by atoms with van der Waals surface area (Å²) in [4.78, 5) is 45.0. The van der Waals surface area contributed by atoms with Gasteiger partial charge in [0.05, 0.1) is 16.8 Å². The van der Waals surface area contributed by atoms with E-state index in [1.54, 1.807) is 17.2 Å². The van der Waals surface area contributed by atoms with Crippen molar-refractivity contribution in [1.82, 2.24) is 15.6 Å². The van der Waals surface area contributed by atoms with Crippen LogP contribution in [-0.2, 0) is 4.79 Å². The third-order valence-electron chi connectivity index (χ3n) is 5.68. The van der Waals surface area contributed by atoms with E-state index in [4.69, 9.17) is 0 Å². The molecule has 32 heavy (non-hydrogen) atoms. The number of allylic oxidation sites excluding steroid dienone is 4. The van der Waals surface area contributed by atoms with Gasteiger partial charge in [0.1, 0.15) is 9.71 Å². The van der Waals surface area contributed by atoms with Crippen LogP contribution in [0.25, 0.3) is 10.2 Å². The van der Waals surface area contributed by atoms with Crippen LogP contribution in [0.2, 0.25) is 0 Å². The van der Waals surface area contributed by atoms with Crippen molar-refractivity contribution >= 4 is 50.8 Å². The van der Waals surface area contributed by atoms with E-state index in [-0.39, 0.29) is 29.9 Å². The maximum absolute atomic E-state index is 13.2. The molecule has 2 aromatic rings. The number of carbonyl (C=O) groups excluding carboxylic acids is 3. The monoisotopic (exact) mass is 451 g/mol. The molecule has 1 fully saturated rings. The van der Waals surface area contributed by atoms with Crippen LogP contribution in [0.1, 0.15) is 42.8 Å². The lowest BCUT2D eigenvalue weighted by molar-refractivity contribution is -0.117. The average Bonchev–Trinajstić information content (AvgIpc) is 3.37. The first-order valence-corrected chi connectivity index (χ1v) is 11.3. The van der Waals surface area contributed by atoms with Crippen LogP contribution >= 0.6 is 11.3 Å². The van der Waals surface area contributed by atoms with Gasteiger partial charge in [0.15, 0.2) is 0 Å². The van der Waals surface area contributed by atoms with E-state index in [0.717, 1.165) is 30.3 Å². The highest BCUT2D eigenvalue weighted by molar-refractivity contribution is 7.21. The van der Waals surface area contributed by atoms with Crippen LogP contribution in [0.5, 0.6) is 0 Å². The zero-order chi connectivity index (χ0) is 22.8. The Hall–Kier alpha value is -3.46. The fourth-order valence-electron chi connectivity index (χ4n) is 4.19. The van der Waals surface area contributed by atoms with Crippen molar-refractivity contribution in [2.75, 3.05) is 10.2 Å². The Bertz CT molecular complexity index is 1170. The zero-order valence-electron chi connectivity index (χ0n) is 18.0. The number of thiophene rings is 1. The van der Waals surface area contributed by atoms with E-state index < -0.39 is 0 Å². The molecule has 1 saturated carbocycles. The Morgan fingerprint density at radius 3 is 2.78 bits per heavy atom. The van der Waals surface area contributed by atoms with Gasteiger partial charge in [0.2, 0.25) is 5.91 Å². The molecule has 166 valence electrons. The van der Waals surface area contributed by atoms with Gasteiger partial charge < -0.3 is 16.0 Å². The van der Waals surface area contributed by atoms with Gasteiger partial charge in [-0.15, -0.1) is 11.3 Å². The molecule has 2 atom stereocenters. The molecule has 0 saturated heterocycles. The molecule has 0 bridgehead atoms. The van der Waals surface area contributed by atoms with E-state index >= 15 is 0 Å². The number of pyridine rings is 1. The highest BCUT2D eigenvalue weighted by Gasteiger charge is 2.35. The van der Waals surface area contributed by atoms with E-state index in [9.17, 15) is 14.4 Å². The predicted molar refractivity (Wildman–Crippen MR) is 127 cm³/mol. The number of hydrogen-bond donors (Lipinski definition) is 3. The first kappa shape index (κ1) is 21.8. The summed E-state index contributed by atoms with van der Waals surface area (Å²) in [6.07, 6.45) is 11.0. The molecule has 3 N–H and O–H groups in total. The molecule has 2 unspecified atom stereocenters. The van der Waals surface area contributed by atoms with Crippen molar-refractivity contribution in [3.63, 3.8) is 0 Å². The summed E-state index contributed by atoms with van der Waals surface area (Å²) < 4.78 is 0. The molecule has 1 aliphatic carbocycles. The lowest BCUT2D eigenvalue weighted by Gasteiger charge is -2.29. The highest BCUT2D eigenvalue weighted by Crippen LogP contribution is 2.44. The summed E-state index contributed by atoms with van der Waals surface area (Å²) >= 11 is 1.25. The Morgan fingerprint density at radius 2 is 2.06 bits per heavy atom. The van der Waals surface area contributed by atoms with E-state index in [1.807, 2.05) is 32.1 Å². The maximum atomic E-state index is 13.2.